The van der Waals surface area contributed by atoms with Gasteiger partial charge in [-0.05, 0) is 43.4 Å². The van der Waals surface area contributed by atoms with Crippen LogP contribution >= 0.6 is 11.6 Å². The average molecular weight is 249 g/mol. The molecule has 1 nitrogen and oxygen atoms in total. The zero-order valence-electron chi connectivity index (χ0n) is 9.92. The molecule has 0 aliphatic heterocycles. The summed E-state index contributed by atoms with van der Waals surface area (Å²) in [6, 6.07) is 7.30. The predicted octanol–water partition coefficient (Wildman–Crippen LogP) is 4.80. The van der Waals surface area contributed by atoms with E-state index in [1.165, 1.54) is 19.3 Å². The number of allylic oxidation sites excluding steroid dienone is 2. The number of carbonyl (C=O) groups is 1. The van der Waals surface area contributed by atoms with Crippen molar-refractivity contribution in [2.24, 2.45) is 0 Å². The highest BCUT2D eigenvalue weighted by Crippen LogP contribution is 2.24. The van der Waals surface area contributed by atoms with Crippen molar-refractivity contribution in [1.82, 2.24) is 0 Å². The molecule has 17 heavy (non-hydrogen) atoms. The van der Waals surface area contributed by atoms with E-state index < -0.39 is 0 Å². The maximum Gasteiger partial charge on any atom is 0.190 e. The fourth-order valence-electron chi connectivity index (χ4n) is 2.22. The second kappa shape index (κ2) is 6.02. The smallest absolute Gasteiger partial charge is 0.190 e. The van der Waals surface area contributed by atoms with Gasteiger partial charge >= 0.3 is 0 Å². The van der Waals surface area contributed by atoms with Crippen molar-refractivity contribution in [3.63, 3.8) is 0 Å². The van der Waals surface area contributed by atoms with E-state index in [4.69, 9.17) is 11.6 Å². The van der Waals surface area contributed by atoms with Crippen molar-refractivity contribution in [3.05, 3.63) is 46.5 Å². The Morgan fingerprint density at radius 1 is 1.06 bits per heavy atom. The van der Waals surface area contributed by atoms with Crippen LogP contribution in [0.15, 0.2) is 35.9 Å². The van der Waals surface area contributed by atoms with E-state index in [2.05, 4.69) is 6.08 Å². The largest absolute Gasteiger partial charge is 0.289 e. The fourth-order valence-corrected chi connectivity index (χ4v) is 2.44. The average Bonchev–Trinajstić information content (AvgIpc) is 2.28. The minimum absolute atomic E-state index is 0.109. The summed E-state index contributed by atoms with van der Waals surface area (Å²) in [5.74, 6) is 0.109. The van der Waals surface area contributed by atoms with E-state index in [1.807, 2.05) is 18.2 Å². The van der Waals surface area contributed by atoms with E-state index >= 15 is 0 Å². The van der Waals surface area contributed by atoms with Crippen LogP contribution in [0.25, 0.3) is 0 Å². The van der Waals surface area contributed by atoms with E-state index in [9.17, 15) is 4.79 Å². The minimum Gasteiger partial charge on any atom is -0.289 e. The summed E-state index contributed by atoms with van der Waals surface area (Å²) in [7, 11) is 0. The molecule has 0 atom stereocenters. The second-order valence-corrected chi connectivity index (χ2v) is 4.90. The third-order valence-electron chi connectivity index (χ3n) is 3.20. The van der Waals surface area contributed by atoms with Gasteiger partial charge in [0, 0.05) is 5.56 Å². The highest BCUT2D eigenvalue weighted by molar-refractivity contribution is 6.34. The molecule has 0 bridgehead atoms. The number of hydrogen-bond donors (Lipinski definition) is 0. The first-order chi connectivity index (χ1) is 8.29. The molecule has 1 aliphatic carbocycles. The summed E-state index contributed by atoms with van der Waals surface area (Å²) in [4.78, 5) is 12.3. The molecule has 90 valence electrons. The first kappa shape index (κ1) is 12.4. The highest BCUT2D eigenvalue weighted by Gasteiger charge is 2.15. The topological polar surface area (TPSA) is 17.1 Å². The van der Waals surface area contributed by atoms with Gasteiger partial charge in [0.05, 0.1) is 5.02 Å². The second-order valence-electron chi connectivity index (χ2n) is 4.49. The molecule has 1 aromatic rings. The molecular formula is C15H17ClO. The molecule has 2 heteroatoms. The standard InChI is InChI=1S/C15H17ClO/c16-14-11-7-6-10-13(14)15(17)12-8-4-2-1-3-5-9-12/h6-8,10-11H,1-5,9H2/b12-8+. The molecule has 0 unspecified atom stereocenters. The molecule has 0 saturated carbocycles. The van der Waals surface area contributed by atoms with Crippen LogP contribution in [-0.4, -0.2) is 5.78 Å². The zero-order chi connectivity index (χ0) is 12.1. The van der Waals surface area contributed by atoms with Crippen LogP contribution in [0.1, 0.15) is 48.9 Å². The number of carbonyl (C=O) groups excluding carboxylic acids is 1. The summed E-state index contributed by atoms with van der Waals surface area (Å²) < 4.78 is 0. The number of halogens is 1. The quantitative estimate of drug-likeness (QED) is 0.687. The SMILES string of the molecule is O=C(/C1=C/CCCCCC1)c1ccccc1Cl. The van der Waals surface area contributed by atoms with Gasteiger partial charge in [-0.25, -0.2) is 0 Å². The van der Waals surface area contributed by atoms with E-state index in [1.54, 1.807) is 6.07 Å². The summed E-state index contributed by atoms with van der Waals surface area (Å²) in [5.41, 5.74) is 1.58. The number of ketones is 1. The van der Waals surface area contributed by atoms with Crippen LogP contribution in [0.3, 0.4) is 0 Å². The molecule has 0 radical (unpaired) electrons. The van der Waals surface area contributed by atoms with Crippen molar-refractivity contribution >= 4 is 17.4 Å². The monoisotopic (exact) mass is 248 g/mol. The Hall–Kier alpha value is -1.08. The molecule has 0 amide bonds. The van der Waals surface area contributed by atoms with Crippen LogP contribution in [0.5, 0.6) is 0 Å². The Balaban J connectivity index is 2.21. The Bertz CT molecular complexity index is 434. The van der Waals surface area contributed by atoms with Gasteiger partial charge in [-0.15, -0.1) is 0 Å². The third-order valence-corrected chi connectivity index (χ3v) is 3.53. The van der Waals surface area contributed by atoms with E-state index in [0.717, 1.165) is 24.8 Å². The number of benzene rings is 1. The molecule has 2 rings (SSSR count). The van der Waals surface area contributed by atoms with Gasteiger partial charge in [0.2, 0.25) is 0 Å². The molecule has 0 fully saturated rings. The lowest BCUT2D eigenvalue weighted by Crippen LogP contribution is -2.05. The zero-order valence-corrected chi connectivity index (χ0v) is 10.7. The predicted molar refractivity (Wildman–Crippen MR) is 71.6 cm³/mol. The van der Waals surface area contributed by atoms with Crippen LogP contribution in [0.4, 0.5) is 0 Å². The number of hydrogen-bond acceptors (Lipinski definition) is 1. The summed E-state index contributed by atoms with van der Waals surface area (Å²) in [5, 5.41) is 0.556. The van der Waals surface area contributed by atoms with Crippen molar-refractivity contribution in [3.8, 4) is 0 Å². The molecule has 0 saturated heterocycles. The number of rotatable bonds is 2. The molecular weight excluding hydrogens is 232 g/mol. The molecule has 1 aliphatic rings. The minimum atomic E-state index is 0.109. The van der Waals surface area contributed by atoms with Crippen molar-refractivity contribution < 1.29 is 4.79 Å². The normalized spacial score (nSPS) is 19.9. The van der Waals surface area contributed by atoms with E-state index in [0.29, 0.717) is 10.6 Å². The Morgan fingerprint density at radius 3 is 2.65 bits per heavy atom. The van der Waals surface area contributed by atoms with Gasteiger partial charge in [-0.1, -0.05) is 42.7 Å². The van der Waals surface area contributed by atoms with Crippen LogP contribution < -0.4 is 0 Å². The molecule has 0 heterocycles. The molecule has 0 aromatic heterocycles. The van der Waals surface area contributed by atoms with Crippen molar-refractivity contribution in [2.45, 2.75) is 38.5 Å². The lowest BCUT2D eigenvalue weighted by atomic mass is 9.94. The van der Waals surface area contributed by atoms with Gasteiger partial charge in [0.15, 0.2) is 5.78 Å². The Labute approximate surface area is 107 Å². The van der Waals surface area contributed by atoms with Crippen LogP contribution in [-0.2, 0) is 0 Å². The van der Waals surface area contributed by atoms with E-state index in [-0.39, 0.29) is 5.78 Å². The number of Topliss-reactive ketones (excluding diaryl/α,β-unsaturated/α-hetero) is 1. The van der Waals surface area contributed by atoms with Crippen molar-refractivity contribution in [1.29, 1.82) is 0 Å². The Morgan fingerprint density at radius 2 is 1.82 bits per heavy atom. The lowest BCUT2D eigenvalue weighted by Gasteiger charge is -2.11. The lowest BCUT2D eigenvalue weighted by molar-refractivity contribution is 0.102. The maximum absolute atomic E-state index is 12.3. The first-order valence-corrected chi connectivity index (χ1v) is 6.65. The summed E-state index contributed by atoms with van der Waals surface area (Å²) >= 11 is 6.06. The third kappa shape index (κ3) is 3.19. The fraction of sp³-hybridized carbons (Fsp3) is 0.400. The van der Waals surface area contributed by atoms with Crippen molar-refractivity contribution in [2.75, 3.05) is 0 Å². The summed E-state index contributed by atoms with van der Waals surface area (Å²) in [6.07, 6.45) is 8.83. The first-order valence-electron chi connectivity index (χ1n) is 6.27. The van der Waals surface area contributed by atoms with Gasteiger partial charge in [0.25, 0.3) is 0 Å². The van der Waals surface area contributed by atoms with Gasteiger partial charge in [-0.3, -0.25) is 4.79 Å². The highest BCUT2D eigenvalue weighted by atomic mass is 35.5. The molecule has 0 N–H and O–H groups in total. The van der Waals surface area contributed by atoms with Gasteiger partial charge < -0.3 is 0 Å². The van der Waals surface area contributed by atoms with Crippen LogP contribution in [0.2, 0.25) is 5.02 Å². The maximum atomic E-state index is 12.3. The Kier molecular flexibility index (Phi) is 4.38. The van der Waals surface area contributed by atoms with Gasteiger partial charge in [0.1, 0.15) is 0 Å². The summed E-state index contributed by atoms with van der Waals surface area (Å²) in [6.45, 7) is 0. The van der Waals surface area contributed by atoms with Gasteiger partial charge in [-0.2, -0.15) is 0 Å². The van der Waals surface area contributed by atoms with Crippen LogP contribution in [0, 0.1) is 0 Å². The molecule has 1 aromatic carbocycles. The molecule has 0 spiro atoms.